The molecule has 246 valence electrons. The molecule has 0 radical (unpaired) electrons. The van der Waals surface area contributed by atoms with E-state index in [1.807, 2.05) is 31.0 Å². The second kappa shape index (κ2) is 17.5. The molecule has 5 rings (SSSR count). The van der Waals surface area contributed by atoms with Gasteiger partial charge in [-0.2, -0.15) is 0 Å². The third-order valence-electron chi connectivity index (χ3n) is 7.33. The number of hydrogen-bond acceptors (Lipinski definition) is 8. The average Bonchev–Trinajstić information content (AvgIpc) is 3.67. The van der Waals surface area contributed by atoms with E-state index >= 15 is 0 Å². The molecule has 0 bridgehead atoms. The Morgan fingerprint density at radius 2 is 1.84 bits per heavy atom. The number of nitrogens with two attached hydrogens (primary N) is 1. The predicted octanol–water partition coefficient (Wildman–Crippen LogP) is 5.73. The van der Waals surface area contributed by atoms with Crippen LogP contribution in [0, 0.1) is 5.92 Å². The number of nitrogens with zero attached hydrogens (tertiary/aromatic N) is 3. The lowest BCUT2D eigenvalue weighted by molar-refractivity contribution is -0.130. The first-order chi connectivity index (χ1) is 21.4. The fourth-order valence-corrected chi connectivity index (χ4v) is 6.18. The highest BCUT2D eigenvalue weighted by Crippen LogP contribution is 2.45. The molecule has 13 heteroatoms. The van der Waals surface area contributed by atoms with Crippen LogP contribution in [0.3, 0.4) is 0 Å². The summed E-state index contributed by atoms with van der Waals surface area (Å²) in [5.74, 6) is -0.0617. The summed E-state index contributed by atoms with van der Waals surface area (Å²) >= 11 is 1.22. The number of alkyl halides is 1. The molecule has 10 nitrogen and oxygen atoms in total. The van der Waals surface area contributed by atoms with Crippen LogP contribution in [0.4, 0.5) is 4.39 Å². The fraction of sp³-hybridized carbons (Fsp3) is 0.500. The summed E-state index contributed by atoms with van der Waals surface area (Å²) in [6.07, 6.45) is 8.80. The van der Waals surface area contributed by atoms with Crippen LogP contribution in [-0.2, 0) is 9.59 Å². The van der Waals surface area contributed by atoms with Gasteiger partial charge in [-0.05, 0) is 74.2 Å². The molecule has 1 aromatic carbocycles. The van der Waals surface area contributed by atoms with E-state index in [2.05, 4.69) is 18.8 Å². The zero-order valence-electron chi connectivity index (χ0n) is 26.3. The number of hydrogen-bond donors (Lipinski definition) is 3. The summed E-state index contributed by atoms with van der Waals surface area (Å²) in [7, 11) is -2.65. The number of halogens is 1. The van der Waals surface area contributed by atoms with Crippen molar-refractivity contribution >= 4 is 48.0 Å². The van der Waals surface area contributed by atoms with E-state index in [9.17, 15) is 18.8 Å². The SMILES string of the molecule is CC(C)CCC(=O)N1CCCC1.CC(C)Oc1ccncc1C1CN(C=O)C1.NC(=O)c1cc2cc(C(F)P(O)O)ccc2s1. The number of rotatable bonds is 10. The topological polar surface area (TPSA) is 146 Å². The highest BCUT2D eigenvalue weighted by atomic mass is 32.1. The number of likely N-dealkylation sites (tertiary alicyclic amines) is 2. The summed E-state index contributed by atoms with van der Waals surface area (Å²) in [6.45, 7) is 11.9. The molecule has 4 heterocycles. The molecule has 2 saturated heterocycles. The van der Waals surface area contributed by atoms with Gasteiger partial charge in [0.25, 0.3) is 5.91 Å². The van der Waals surface area contributed by atoms with Crippen molar-refractivity contribution in [3.05, 3.63) is 58.7 Å². The van der Waals surface area contributed by atoms with Gasteiger partial charge in [0.05, 0.1) is 11.0 Å². The highest BCUT2D eigenvalue weighted by molar-refractivity contribution is 7.45. The van der Waals surface area contributed by atoms with Crippen LogP contribution in [0.15, 0.2) is 42.7 Å². The Bertz CT molecular complexity index is 1410. The molecular formula is C32H44FN4O6PS. The van der Waals surface area contributed by atoms with Gasteiger partial charge in [0.1, 0.15) is 5.75 Å². The normalized spacial score (nSPS) is 15.3. The third kappa shape index (κ3) is 11.0. The lowest BCUT2D eigenvalue weighted by Crippen LogP contribution is -2.43. The van der Waals surface area contributed by atoms with Gasteiger partial charge in [0, 0.05) is 61.2 Å². The van der Waals surface area contributed by atoms with Gasteiger partial charge < -0.3 is 30.1 Å². The first-order valence-electron chi connectivity index (χ1n) is 15.1. The zero-order chi connectivity index (χ0) is 33.1. The number of aromatic nitrogens is 1. The van der Waals surface area contributed by atoms with E-state index in [0.717, 1.165) is 61.4 Å². The summed E-state index contributed by atoms with van der Waals surface area (Å²) < 4.78 is 19.9. The van der Waals surface area contributed by atoms with Gasteiger partial charge >= 0.3 is 0 Å². The largest absolute Gasteiger partial charge is 0.491 e. The maximum Gasteiger partial charge on any atom is 0.258 e. The molecule has 1 unspecified atom stereocenters. The number of ether oxygens (including phenoxy) is 1. The van der Waals surface area contributed by atoms with Gasteiger partial charge in [-0.25, -0.2) is 4.39 Å². The minimum absolute atomic E-state index is 0.156. The maximum atomic E-state index is 13.4. The molecule has 2 fully saturated rings. The van der Waals surface area contributed by atoms with E-state index in [-0.39, 0.29) is 11.7 Å². The monoisotopic (exact) mass is 662 g/mol. The summed E-state index contributed by atoms with van der Waals surface area (Å²) in [5.41, 5.74) is 6.43. The summed E-state index contributed by atoms with van der Waals surface area (Å²) in [6, 6.07) is 8.04. The lowest BCUT2D eigenvalue weighted by atomic mass is 9.92. The first kappa shape index (κ1) is 36.3. The Morgan fingerprint density at radius 3 is 2.42 bits per heavy atom. The molecule has 45 heavy (non-hydrogen) atoms. The van der Waals surface area contributed by atoms with Gasteiger partial charge in [0.2, 0.25) is 20.7 Å². The van der Waals surface area contributed by atoms with Crippen LogP contribution in [0.5, 0.6) is 5.75 Å². The average molecular weight is 663 g/mol. The molecule has 3 aromatic rings. The molecule has 0 spiro atoms. The quantitative estimate of drug-likeness (QED) is 0.186. The van der Waals surface area contributed by atoms with Crippen molar-refractivity contribution in [1.29, 1.82) is 0 Å². The number of benzene rings is 1. The number of carbonyl (C=O) groups is 3. The minimum atomic E-state index is -2.65. The van der Waals surface area contributed by atoms with Gasteiger partial charge in [0.15, 0.2) is 5.91 Å². The number of primary amides is 1. The molecule has 2 aromatic heterocycles. The van der Waals surface area contributed by atoms with Crippen LogP contribution in [0.2, 0.25) is 0 Å². The second-order valence-electron chi connectivity index (χ2n) is 11.8. The van der Waals surface area contributed by atoms with Crippen molar-refractivity contribution in [3.8, 4) is 5.75 Å². The van der Waals surface area contributed by atoms with E-state index in [1.165, 1.54) is 36.3 Å². The number of thiophene rings is 1. The standard InChI is InChI=1S/C12H16N2O2.C10H9FNO3PS.C10H19NO/c1-9(2)16-12-3-4-13-5-11(12)10-6-14(7-10)8-15;11-9(16(14)15)5-1-2-7-6(3-5)4-8(17-7)10(12)13;1-9(2)5-6-10(12)11-7-3-4-8-11/h3-5,8-10H,6-7H2,1-2H3;1-4,9,14-15H,(H2,12,13);9H,3-8H2,1-2H3. The predicted molar refractivity (Wildman–Crippen MR) is 176 cm³/mol. The number of carbonyl (C=O) groups excluding carboxylic acids is 3. The van der Waals surface area contributed by atoms with Crippen molar-refractivity contribution in [2.24, 2.45) is 11.7 Å². The zero-order valence-corrected chi connectivity index (χ0v) is 28.0. The Kier molecular flexibility index (Phi) is 14.1. The van der Waals surface area contributed by atoms with E-state index in [1.54, 1.807) is 23.2 Å². The smallest absolute Gasteiger partial charge is 0.258 e. The Labute approximate surface area is 269 Å². The van der Waals surface area contributed by atoms with Crippen molar-refractivity contribution in [2.45, 2.75) is 71.3 Å². The third-order valence-corrected chi connectivity index (χ3v) is 9.16. The highest BCUT2D eigenvalue weighted by Gasteiger charge is 2.29. The van der Waals surface area contributed by atoms with E-state index in [4.69, 9.17) is 20.3 Å². The molecule has 4 N–H and O–H groups in total. The van der Waals surface area contributed by atoms with Crippen LogP contribution < -0.4 is 10.5 Å². The van der Waals surface area contributed by atoms with Gasteiger partial charge in [-0.15, -0.1) is 11.3 Å². The van der Waals surface area contributed by atoms with E-state index < -0.39 is 20.2 Å². The Balaban J connectivity index is 0.000000187. The molecule has 1 atom stereocenters. The molecule has 2 aliphatic heterocycles. The van der Waals surface area contributed by atoms with Crippen molar-refractivity contribution < 1.29 is 33.3 Å². The molecule has 2 aliphatic rings. The second-order valence-corrected chi connectivity index (χ2v) is 14.0. The van der Waals surface area contributed by atoms with Crippen LogP contribution in [0.1, 0.15) is 86.0 Å². The maximum absolute atomic E-state index is 13.4. The van der Waals surface area contributed by atoms with E-state index in [0.29, 0.717) is 28.0 Å². The molecule has 3 amide bonds. The number of amides is 3. The van der Waals surface area contributed by atoms with Crippen molar-refractivity contribution in [3.63, 3.8) is 0 Å². The fourth-order valence-electron chi connectivity index (χ4n) is 4.86. The van der Waals surface area contributed by atoms with Gasteiger partial charge in [-0.1, -0.05) is 19.9 Å². The molecule has 0 saturated carbocycles. The number of pyridine rings is 1. The first-order valence-corrected chi connectivity index (χ1v) is 17.2. The van der Waals surface area contributed by atoms with Crippen molar-refractivity contribution in [1.82, 2.24) is 14.8 Å². The lowest BCUT2D eigenvalue weighted by Gasteiger charge is -2.37. The van der Waals surface area contributed by atoms with Crippen LogP contribution in [0.25, 0.3) is 10.1 Å². The summed E-state index contributed by atoms with van der Waals surface area (Å²) in [5, 5.41) is 0.667. The van der Waals surface area contributed by atoms with Crippen LogP contribution in [-0.4, -0.2) is 75.1 Å². The molecular weight excluding hydrogens is 618 g/mol. The molecule has 0 aliphatic carbocycles. The minimum Gasteiger partial charge on any atom is -0.491 e. The Hall–Kier alpha value is -3.18. The van der Waals surface area contributed by atoms with Crippen molar-refractivity contribution in [2.75, 3.05) is 26.2 Å². The Morgan fingerprint density at radius 1 is 1.16 bits per heavy atom. The van der Waals surface area contributed by atoms with Crippen LogP contribution >= 0.6 is 19.7 Å². The summed E-state index contributed by atoms with van der Waals surface area (Å²) in [4.78, 5) is 58.8. The number of fused-ring (bicyclic) bond motifs is 1. The van der Waals surface area contributed by atoms with Gasteiger partial charge in [-0.3, -0.25) is 19.4 Å².